The summed E-state index contributed by atoms with van der Waals surface area (Å²) in [5.74, 6) is 0. The van der Waals surface area contributed by atoms with Crippen molar-refractivity contribution in [1.29, 1.82) is 0 Å². The first kappa shape index (κ1) is 15.1. The molecule has 0 spiro atoms. The van der Waals surface area contributed by atoms with Crippen LogP contribution in [0, 0.1) is 0 Å². The molecule has 1 aliphatic rings. The molecule has 112 valence electrons. The quantitative estimate of drug-likeness (QED) is 0.895. The zero-order valence-electron chi connectivity index (χ0n) is 12.3. The number of aromatic nitrogens is 2. The summed E-state index contributed by atoms with van der Waals surface area (Å²) in [4.78, 5) is 0. The fraction of sp³-hybridized carbons (Fsp3) is 0.438. The standard InChI is InChI=1S/C16H19BrClN3/c1-3-13-15(18)14(21(2)20-13)8-16(9-19-10-16)11-5-4-6-12(17)7-11/h4-7,19H,3,8-10H2,1-2H3. The van der Waals surface area contributed by atoms with Gasteiger partial charge in [-0.2, -0.15) is 5.10 Å². The molecule has 0 saturated carbocycles. The maximum atomic E-state index is 6.52. The molecule has 1 fully saturated rings. The van der Waals surface area contributed by atoms with E-state index in [0.717, 1.165) is 46.8 Å². The van der Waals surface area contributed by atoms with Gasteiger partial charge in [-0.25, -0.2) is 0 Å². The van der Waals surface area contributed by atoms with Gasteiger partial charge in [0.25, 0.3) is 0 Å². The molecule has 1 saturated heterocycles. The molecule has 2 aromatic rings. The fourth-order valence-electron chi connectivity index (χ4n) is 3.01. The summed E-state index contributed by atoms with van der Waals surface area (Å²) in [6.07, 6.45) is 1.79. The normalized spacial score (nSPS) is 16.8. The van der Waals surface area contributed by atoms with E-state index in [1.54, 1.807) is 0 Å². The Labute approximate surface area is 138 Å². The molecule has 1 aromatic carbocycles. The van der Waals surface area contributed by atoms with Gasteiger partial charge in [0.1, 0.15) is 0 Å². The Bertz CT molecular complexity index is 662. The van der Waals surface area contributed by atoms with Gasteiger partial charge in [-0.3, -0.25) is 4.68 Å². The SMILES string of the molecule is CCc1nn(C)c(CC2(c3cccc(Br)c3)CNC2)c1Cl. The summed E-state index contributed by atoms with van der Waals surface area (Å²) < 4.78 is 3.07. The minimum Gasteiger partial charge on any atom is -0.315 e. The van der Waals surface area contributed by atoms with Crippen molar-refractivity contribution >= 4 is 27.5 Å². The van der Waals surface area contributed by atoms with Gasteiger partial charge in [0.2, 0.25) is 0 Å². The van der Waals surface area contributed by atoms with Crippen LogP contribution in [0.1, 0.15) is 23.9 Å². The number of hydrogen-bond donors (Lipinski definition) is 1. The summed E-state index contributed by atoms with van der Waals surface area (Å²) in [6.45, 7) is 4.05. The van der Waals surface area contributed by atoms with Crippen LogP contribution in [0.15, 0.2) is 28.7 Å². The molecule has 0 amide bonds. The zero-order valence-corrected chi connectivity index (χ0v) is 14.6. The monoisotopic (exact) mass is 367 g/mol. The lowest BCUT2D eigenvalue weighted by atomic mass is 9.72. The molecule has 3 rings (SSSR count). The topological polar surface area (TPSA) is 29.9 Å². The minimum absolute atomic E-state index is 0.117. The Morgan fingerprint density at radius 3 is 2.71 bits per heavy atom. The molecule has 3 nitrogen and oxygen atoms in total. The van der Waals surface area contributed by atoms with Crippen molar-refractivity contribution in [1.82, 2.24) is 15.1 Å². The molecular formula is C16H19BrClN3. The summed E-state index contributed by atoms with van der Waals surface area (Å²) in [5, 5.41) is 8.78. The van der Waals surface area contributed by atoms with Crippen LogP contribution in [0.3, 0.4) is 0 Å². The van der Waals surface area contributed by atoms with E-state index in [0.29, 0.717) is 0 Å². The first-order valence-corrected chi connectivity index (χ1v) is 8.40. The zero-order chi connectivity index (χ0) is 15.0. The number of nitrogens with zero attached hydrogens (tertiary/aromatic N) is 2. The highest BCUT2D eigenvalue weighted by molar-refractivity contribution is 9.10. The van der Waals surface area contributed by atoms with E-state index >= 15 is 0 Å². The van der Waals surface area contributed by atoms with Gasteiger partial charge in [-0.1, -0.05) is 46.6 Å². The van der Waals surface area contributed by atoms with Crippen LogP contribution in [-0.2, 0) is 25.3 Å². The molecule has 2 heterocycles. The van der Waals surface area contributed by atoms with Crippen molar-refractivity contribution in [2.45, 2.75) is 25.2 Å². The lowest BCUT2D eigenvalue weighted by Gasteiger charge is -2.43. The van der Waals surface area contributed by atoms with Gasteiger partial charge in [-0.15, -0.1) is 0 Å². The highest BCUT2D eigenvalue weighted by atomic mass is 79.9. The largest absolute Gasteiger partial charge is 0.315 e. The average molecular weight is 369 g/mol. The van der Waals surface area contributed by atoms with E-state index in [4.69, 9.17) is 11.6 Å². The lowest BCUT2D eigenvalue weighted by Crippen LogP contribution is -2.58. The molecule has 0 atom stereocenters. The highest BCUT2D eigenvalue weighted by Gasteiger charge is 2.40. The van der Waals surface area contributed by atoms with E-state index in [1.807, 2.05) is 11.7 Å². The van der Waals surface area contributed by atoms with E-state index in [1.165, 1.54) is 5.56 Å². The third-order valence-corrected chi connectivity index (χ3v) is 5.30. The maximum Gasteiger partial charge on any atom is 0.0850 e. The molecule has 1 N–H and O–H groups in total. The van der Waals surface area contributed by atoms with Crippen molar-refractivity contribution in [3.63, 3.8) is 0 Å². The molecule has 0 aliphatic carbocycles. The summed E-state index contributed by atoms with van der Waals surface area (Å²) in [7, 11) is 1.99. The Morgan fingerprint density at radius 2 is 2.19 bits per heavy atom. The Kier molecular flexibility index (Phi) is 4.12. The molecule has 0 unspecified atom stereocenters. The molecule has 5 heteroatoms. The van der Waals surface area contributed by atoms with Gasteiger partial charge in [-0.05, 0) is 24.1 Å². The van der Waals surface area contributed by atoms with Gasteiger partial charge in [0.15, 0.2) is 0 Å². The van der Waals surface area contributed by atoms with Crippen LogP contribution in [0.25, 0.3) is 0 Å². The van der Waals surface area contributed by atoms with Crippen molar-refractivity contribution in [2.24, 2.45) is 7.05 Å². The van der Waals surface area contributed by atoms with Crippen molar-refractivity contribution < 1.29 is 0 Å². The minimum atomic E-state index is 0.117. The van der Waals surface area contributed by atoms with Crippen molar-refractivity contribution in [3.8, 4) is 0 Å². The lowest BCUT2D eigenvalue weighted by molar-refractivity contribution is 0.269. The number of benzene rings is 1. The summed E-state index contributed by atoms with van der Waals surface area (Å²) >= 11 is 10.1. The fourth-order valence-corrected chi connectivity index (χ4v) is 3.77. The summed E-state index contributed by atoms with van der Waals surface area (Å²) in [6, 6.07) is 8.58. The first-order chi connectivity index (χ1) is 10.1. The van der Waals surface area contributed by atoms with Gasteiger partial charge < -0.3 is 5.32 Å². The van der Waals surface area contributed by atoms with Crippen LogP contribution in [0.5, 0.6) is 0 Å². The molecular weight excluding hydrogens is 350 g/mol. The van der Waals surface area contributed by atoms with E-state index in [-0.39, 0.29) is 5.41 Å². The number of nitrogens with one attached hydrogen (secondary N) is 1. The molecule has 0 radical (unpaired) electrons. The number of rotatable bonds is 4. The average Bonchev–Trinajstić information content (AvgIpc) is 2.69. The first-order valence-electron chi connectivity index (χ1n) is 7.23. The van der Waals surface area contributed by atoms with Gasteiger partial charge >= 0.3 is 0 Å². The summed E-state index contributed by atoms with van der Waals surface area (Å²) in [5.41, 5.74) is 3.60. The van der Waals surface area contributed by atoms with Crippen LogP contribution < -0.4 is 5.32 Å². The second kappa shape index (κ2) is 5.75. The van der Waals surface area contributed by atoms with Gasteiger partial charge in [0.05, 0.1) is 16.4 Å². The van der Waals surface area contributed by atoms with E-state index in [9.17, 15) is 0 Å². The third kappa shape index (κ3) is 2.65. The maximum absolute atomic E-state index is 6.52. The van der Waals surface area contributed by atoms with E-state index < -0.39 is 0 Å². The van der Waals surface area contributed by atoms with Gasteiger partial charge in [0, 0.05) is 36.4 Å². The Hall–Kier alpha value is -0.840. The highest BCUT2D eigenvalue weighted by Crippen LogP contribution is 2.36. The predicted molar refractivity (Wildman–Crippen MR) is 90.0 cm³/mol. The third-order valence-electron chi connectivity index (χ3n) is 4.37. The predicted octanol–water partition coefficient (Wildman–Crippen LogP) is 3.48. The molecule has 0 bridgehead atoms. The molecule has 1 aromatic heterocycles. The number of halogens is 2. The number of aryl methyl sites for hydroxylation is 2. The van der Waals surface area contributed by atoms with Crippen molar-refractivity contribution in [3.05, 3.63) is 50.7 Å². The van der Waals surface area contributed by atoms with Crippen molar-refractivity contribution in [2.75, 3.05) is 13.1 Å². The van der Waals surface area contributed by atoms with Crippen LogP contribution in [-0.4, -0.2) is 22.9 Å². The van der Waals surface area contributed by atoms with Crippen LogP contribution in [0.2, 0.25) is 5.02 Å². The molecule has 1 aliphatic heterocycles. The smallest absolute Gasteiger partial charge is 0.0850 e. The number of hydrogen-bond acceptors (Lipinski definition) is 2. The Balaban J connectivity index is 1.97. The van der Waals surface area contributed by atoms with Crippen LogP contribution >= 0.6 is 27.5 Å². The second-order valence-electron chi connectivity index (χ2n) is 5.76. The van der Waals surface area contributed by atoms with E-state index in [2.05, 4.69) is 57.5 Å². The van der Waals surface area contributed by atoms with Crippen LogP contribution in [0.4, 0.5) is 0 Å². The second-order valence-corrected chi connectivity index (χ2v) is 7.05. The molecule has 21 heavy (non-hydrogen) atoms. The Morgan fingerprint density at radius 1 is 1.43 bits per heavy atom.